The van der Waals surface area contributed by atoms with Gasteiger partial charge < -0.3 is 19.1 Å². The molecule has 0 radical (unpaired) electrons. The lowest BCUT2D eigenvalue weighted by atomic mass is 9.95. The van der Waals surface area contributed by atoms with Gasteiger partial charge in [0.1, 0.15) is 4.53 Å². The first-order valence-corrected chi connectivity index (χ1v) is 15.1. The Morgan fingerprint density at radius 2 is 1.71 bits per heavy atom. The molecule has 1 atom stereocenters. The number of anilines is 1. The zero-order valence-electron chi connectivity index (χ0n) is 25.0. The van der Waals surface area contributed by atoms with Crippen LogP contribution < -0.4 is 29.3 Å². The van der Waals surface area contributed by atoms with Gasteiger partial charge in [0, 0.05) is 12.5 Å². The number of rotatable bonds is 7. The number of carbonyl (C=O) groups is 3. The Morgan fingerprint density at radius 3 is 2.42 bits per heavy atom. The van der Waals surface area contributed by atoms with Crippen LogP contribution in [0.25, 0.3) is 5.57 Å². The van der Waals surface area contributed by atoms with Gasteiger partial charge in [-0.2, -0.15) is 0 Å². The maximum Gasteiger partial charge on any atom is 0.338 e. The van der Waals surface area contributed by atoms with E-state index in [1.807, 2.05) is 54.6 Å². The number of esters is 2. The summed E-state index contributed by atoms with van der Waals surface area (Å²) >= 11 is 1.10. The average molecular weight is 624 g/mol. The predicted molar refractivity (Wildman–Crippen MR) is 168 cm³/mol. The highest BCUT2D eigenvalue weighted by Crippen LogP contribution is 2.38. The van der Waals surface area contributed by atoms with E-state index in [0.29, 0.717) is 33.9 Å². The Labute approximate surface area is 262 Å². The number of aromatic nitrogens is 1. The number of nitrogens with zero attached hydrogens (tertiary/aromatic N) is 3. The fraction of sp³-hybridized carbons (Fsp3) is 0.206. The molecule has 2 aliphatic heterocycles. The second-order valence-electron chi connectivity index (χ2n) is 10.4. The number of hydrogen-bond donors (Lipinski definition) is 0. The molecular weight excluding hydrogens is 594 g/mol. The third-order valence-corrected chi connectivity index (χ3v) is 8.64. The molecule has 45 heavy (non-hydrogen) atoms. The molecule has 3 heterocycles. The van der Waals surface area contributed by atoms with Crippen LogP contribution in [0.3, 0.4) is 0 Å². The van der Waals surface area contributed by atoms with Crippen LogP contribution in [0.1, 0.15) is 43.5 Å². The summed E-state index contributed by atoms with van der Waals surface area (Å²) in [5.74, 6) is -1.02. The topological polar surface area (TPSA) is 117 Å². The van der Waals surface area contributed by atoms with Crippen LogP contribution in [-0.4, -0.2) is 36.1 Å². The Bertz CT molecular complexity index is 2080. The van der Waals surface area contributed by atoms with Crippen LogP contribution in [0.2, 0.25) is 0 Å². The Kier molecular flexibility index (Phi) is 7.94. The molecule has 0 fully saturated rings. The van der Waals surface area contributed by atoms with E-state index in [-0.39, 0.29) is 39.7 Å². The zero-order valence-corrected chi connectivity index (χ0v) is 25.8. The molecule has 0 saturated carbocycles. The van der Waals surface area contributed by atoms with Crippen LogP contribution >= 0.6 is 11.3 Å². The highest BCUT2D eigenvalue weighted by atomic mass is 32.1. The minimum absolute atomic E-state index is 0.119. The second-order valence-corrected chi connectivity index (χ2v) is 11.4. The van der Waals surface area contributed by atoms with Crippen LogP contribution in [0.4, 0.5) is 5.69 Å². The molecule has 0 bridgehead atoms. The molecule has 1 aromatic heterocycles. The highest BCUT2D eigenvalue weighted by Gasteiger charge is 2.37. The van der Waals surface area contributed by atoms with Crippen LogP contribution in [-0.2, 0) is 25.7 Å². The largest absolute Gasteiger partial charge is 0.493 e. The van der Waals surface area contributed by atoms with Crippen molar-refractivity contribution >= 4 is 40.4 Å². The molecule has 4 aromatic rings. The first-order valence-electron chi connectivity index (χ1n) is 14.3. The van der Waals surface area contributed by atoms with Crippen LogP contribution in [0.15, 0.2) is 93.9 Å². The van der Waals surface area contributed by atoms with Crippen molar-refractivity contribution in [3.05, 3.63) is 120 Å². The van der Waals surface area contributed by atoms with Crippen LogP contribution in [0.5, 0.6) is 11.5 Å². The van der Waals surface area contributed by atoms with Crippen molar-refractivity contribution in [3.63, 3.8) is 0 Å². The summed E-state index contributed by atoms with van der Waals surface area (Å²) in [7, 11) is 1.43. The first kappa shape index (κ1) is 29.8. The third-order valence-electron chi connectivity index (χ3n) is 7.58. The van der Waals surface area contributed by atoms with E-state index < -0.39 is 23.5 Å². The van der Waals surface area contributed by atoms with E-state index in [1.54, 1.807) is 36.9 Å². The molecule has 2 aliphatic rings. The van der Waals surface area contributed by atoms with Crippen LogP contribution in [0, 0.1) is 0 Å². The smallest absolute Gasteiger partial charge is 0.338 e. The van der Waals surface area contributed by atoms with E-state index in [2.05, 4.69) is 4.99 Å². The van der Waals surface area contributed by atoms with Crippen molar-refractivity contribution in [2.45, 2.75) is 33.4 Å². The van der Waals surface area contributed by atoms with Crippen molar-refractivity contribution in [2.75, 3.05) is 18.6 Å². The minimum atomic E-state index is -0.956. The molecule has 0 spiro atoms. The summed E-state index contributed by atoms with van der Waals surface area (Å²) in [6, 6.07) is 20.9. The SMILES string of the molecule is CCOC(=O)C1=C(C)N=c2s/c(=C3\C(=O)N(Cc4ccccc4)c4ccccc43)c(=O)n2[C@H]1c1ccc(OC(C)=O)c(OC)c1. The molecule has 3 aromatic carbocycles. The molecule has 0 N–H and O–H groups in total. The van der Waals surface area contributed by atoms with E-state index in [4.69, 9.17) is 14.2 Å². The van der Waals surface area contributed by atoms with Gasteiger partial charge in [-0.3, -0.25) is 19.0 Å². The molecular formula is C34H29N3O7S. The van der Waals surface area contributed by atoms with Crippen molar-refractivity contribution in [1.82, 2.24) is 4.57 Å². The Hall–Kier alpha value is -5.29. The van der Waals surface area contributed by atoms with Gasteiger partial charge in [-0.1, -0.05) is 65.9 Å². The number of benzene rings is 3. The van der Waals surface area contributed by atoms with Crippen molar-refractivity contribution < 1.29 is 28.6 Å². The minimum Gasteiger partial charge on any atom is -0.493 e. The number of para-hydroxylation sites is 1. The number of hydrogen-bond acceptors (Lipinski definition) is 9. The van der Waals surface area contributed by atoms with Gasteiger partial charge in [0.2, 0.25) is 0 Å². The number of ether oxygens (including phenoxy) is 3. The van der Waals surface area contributed by atoms with E-state index in [9.17, 15) is 19.2 Å². The lowest BCUT2D eigenvalue weighted by molar-refractivity contribution is -0.139. The van der Waals surface area contributed by atoms with Crippen molar-refractivity contribution in [2.24, 2.45) is 4.99 Å². The van der Waals surface area contributed by atoms with Gasteiger partial charge in [-0.25, -0.2) is 9.79 Å². The lowest BCUT2D eigenvalue weighted by Gasteiger charge is -2.25. The summed E-state index contributed by atoms with van der Waals surface area (Å²) in [6.45, 7) is 5.11. The highest BCUT2D eigenvalue weighted by molar-refractivity contribution is 7.07. The number of fused-ring (bicyclic) bond motifs is 2. The molecule has 6 rings (SSSR count). The summed E-state index contributed by atoms with van der Waals surface area (Å²) < 4.78 is 17.8. The summed E-state index contributed by atoms with van der Waals surface area (Å²) in [4.78, 5) is 60.2. The Balaban J connectivity index is 1.57. The van der Waals surface area contributed by atoms with Crippen molar-refractivity contribution in [3.8, 4) is 11.5 Å². The quantitative estimate of drug-likeness (QED) is 0.228. The fourth-order valence-corrected chi connectivity index (χ4v) is 6.81. The predicted octanol–water partition coefficient (Wildman–Crippen LogP) is 3.65. The summed E-state index contributed by atoms with van der Waals surface area (Å²) in [6.07, 6.45) is 0. The van der Waals surface area contributed by atoms with Crippen molar-refractivity contribution in [1.29, 1.82) is 0 Å². The average Bonchev–Trinajstić information content (AvgIpc) is 3.49. The monoisotopic (exact) mass is 623 g/mol. The maximum absolute atomic E-state index is 14.5. The number of carbonyl (C=O) groups excluding carboxylic acids is 3. The molecule has 0 unspecified atom stereocenters. The summed E-state index contributed by atoms with van der Waals surface area (Å²) in [5, 5.41) is 0. The van der Waals surface area contributed by atoms with Gasteiger partial charge in [-0.05, 0) is 43.2 Å². The number of allylic oxidation sites excluding steroid dienone is 1. The maximum atomic E-state index is 14.5. The summed E-state index contributed by atoms with van der Waals surface area (Å²) in [5.41, 5.74) is 3.17. The molecule has 228 valence electrons. The van der Waals surface area contributed by atoms with Gasteiger partial charge in [-0.15, -0.1) is 0 Å². The molecule has 0 saturated heterocycles. The molecule has 1 amide bonds. The number of methoxy groups -OCH3 is 1. The first-order chi connectivity index (χ1) is 21.7. The Morgan fingerprint density at radius 1 is 0.978 bits per heavy atom. The van der Waals surface area contributed by atoms with Gasteiger partial charge in [0.25, 0.3) is 11.5 Å². The molecule has 10 nitrogen and oxygen atoms in total. The third kappa shape index (κ3) is 5.25. The second kappa shape index (κ2) is 12.0. The van der Waals surface area contributed by atoms with E-state index in [0.717, 1.165) is 16.9 Å². The zero-order chi connectivity index (χ0) is 31.8. The number of thiazole rings is 1. The molecule has 0 aliphatic carbocycles. The van der Waals surface area contributed by atoms with E-state index >= 15 is 0 Å². The molecule has 11 heteroatoms. The lowest BCUT2D eigenvalue weighted by Crippen LogP contribution is -2.41. The van der Waals surface area contributed by atoms with Gasteiger partial charge >= 0.3 is 11.9 Å². The number of amides is 1. The van der Waals surface area contributed by atoms with Gasteiger partial charge in [0.15, 0.2) is 16.3 Å². The van der Waals surface area contributed by atoms with E-state index in [1.165, 1.54) is 18.6 Å². The normalized spacial score (nSPS) is 16.6. The standard InChI is InChI=1S/C34H29N3O7S/c1-5-43-33(41)27-19(2)35-34-37(29(27)22-15-16-25(44-20(3)38)26(17-22)42-4)32(40)30(45-34)28-23-13-9-10-14-24(23)36(31(28)39)18-21-11-7-6-8-12-21/h6-17,29H,5,18H2,1-4H3/b30-28-/t29-/m0/s1. The van der Waals surface area contributed by atoms with Gasteiger partial charge in [0.05, 0.1) is 48.8 Å². The fourth-order valence-electron chi connectivity index (χ4n) is 5.67.